The van der Waals surface area contributed by atoms with Crippen LogP contribution in [-0.4, -0.2) is 0 Å². The molecule has 13 aromatic rings. The molecule has 3 heterocycles. The quantitative estimate of drug-likeness (QED) is 0.175. The van der Waals surface area contributed by atoms with Gasteiger partial charge in [-0.1, -0.05) is 146 Å². The van der Waals surface area contributed by atoms with Crippen molar-refractivity contribution in [1.82, 2.24) is 0 Å². The Morgan fingerprint density at radius 2 is 1.02 bits per heavy atom. The van der Waals surface area contributed by atoms with Gasteiger partial charge in [0.1, 0.15) is 11.2 Å². The zero-order chi connectivity index (χ0) is 41.9. The van der Waals surface area contributed by atoms with Crippen LogP contribution in [0.2, 0.25) is 0 Å². The van der Waals surface area contributed by atoms with E-state index < -0.39 is 0 Å². The second kappa shape index (κ2) is 13.7. The van der Waals surface area contributed by atoms with Gasteiger partial charge in [-0.3, -0.25) is 0 Å². The molecule has 0 unspecified atom stereocenters. The van der Waals surface area contributed by atoms with E-state index in [-0.39, 0.29) is 0 Å². The lowest BCUT2D eigenvalue weighted by Crippen LogP contribution is -2.11. The molecule has 14 rings (SSSR count). The standard InChI is InChI=1S/C60H36N2OS/c1-2-12-42-40(11-1)34-54(45-15-4-3-13-43(42)45)62(53-20-10-22-56-59(53)46-16-6-8-21-55(46)63-56)41-30-27-37(28-31-41)36-23-25-38(26-24-36)39-29-32-57-48(33-39)50-35-49-44-14-5-7-18-51(44)61-52-19-9-17-47(58(49)52)60(50)64-57/h1-35,61H. The van der Waals surface area contributed by atoms with E-state index in [2.05, 4.69) is 216 Å². The van der Waals surface area contributed by atoms with Gasteiger partial charge in [-0.15, -0.1) is 11.3 Å². The van der Waals surface area contributed by atoms with Crippen LogP contribution in [-0.2, 0) is 0 Å². The summed E-state index contributed by atoms with van der Waals surface area (Å²) in [6.07, 6.45) is 0. The van der Waals surface area contributed by atoms with Gasteiger partial charge >= 0.3 is 0 Å². The number of hydrogen-bond acceptors (Lipinski definition) is 4. The molecule has 0 bridgehead atoms. The molecule has 0 aliphatic carbocycles. The van der Waals surface area contributed by atoms with E-state index in [0.29, 0.717) is 0 Å². The molecular formula is C60H36N2OS. The molecule has 2 aromatic heterocycles. The number of rotatable bonds is 5. The molecule has 0 amide bonds. The molecule has 0 saturated carbocycles. The third kappa shape index (κ3) is 5.27. The van der Waals surface area contributed by atoms with Crippen molar-refractivity contribution < 1.29 is 4.42 Å². The summed E-state index contributed by atoms with van der Waals surface area (Å²) in [7, 11) is 0. The van der Waals surface area contributed by atoms with E-state index >= 15 is 0 Å². The van der Waals surface area contributed by atoms with Crippen molar-refractivity contribution in [2.75, 3.05) is 10.2 Å². The van der Waals surface area contributed by atoms with Gasteiger partial charge in [0.2, 0.25) is 0 Å². The summed E-state index contributed by atoms with van der Waals surface area (Å²) in [5, 5.41) is 16.0. The lowest BCUT2D eigenvalue weighted by molar-refractivity contribution is 0.669. The SMILES string of the molecule is c1ccc2c(c1)Nc1cccc3c1c-2cc1c2cc(-c4ccc(-c5ccc(N(c6cc7ccccc7c7ccccc67)c6cccc7oc8ccccc8c67)cc5)cc4)ccc2sc31. The number of anilines is 5. The highest BCUT2D eigenvalue weighted by Gasteiger charge is 2.24. The molecule has 4 heteroatoms. The van der Waals surface area contributed by atoms with Gasteiger partial charge in [0.25, 0.3) is 0 Å². The summed E-state index contributed by atoms with van der Waals surface area (Å²) in [6, 6.07) is 77.4. The number of benzene rings is 11. The third-order valence-electron chi connectivity index (χ3n) is 13.4. The van der Waals surface area contributed by atoms with Crippen molar-refractivity contribution in [1.29, 1.82) is 0 Å². The first-order chi connectivity index (χ1) is 31.7. The van der Waals surface area contributed by atoms with Crippen molar-refractivity contribution in [2.24, 2.45) is 0 Å². The fourth-order valence-corrected chi connectivity index (χ4v) is 11.6. The van der Waals surface area contributed by atoms with Gasteiger partial charge in [0.15, 0.2) is 0 Å². The smallest absolute Gasteiger partial charge is 0.137 e. The number of thiophene rings is 1. The predicted octanol–water partition coefficient (Wildman–Crippen LogP) is 17.9. The van der Waals surface area contributed by atoms with Crippen molar-refractivity contribution in [3.63, 3.8) is 0 Å². The average molecular weight is 833 g/mol. The Morgan fingerprint density at radius 3 is 1.88 bits per heavy atom. The Morgan fingerprint density at radius 1 is 0.375 bits per heavy atom. The molecule has 1 N–H and O–H groups in total. The molecule has 0 saturated heterocycles. The van der Waals surface area contributed by atoms with E-state index in [1.807, 2.05) is 17.4 Å². The monoisotopic (exact) mass is 832 g/mol. The van der Waals surface area contributed by atoms with Crippen LogP contribution >= 0.6 is 11.3 Å². The minimum atomic E-state index is 0.872. The summed E-state index contributed by atoms with van der Waals surface area (Å²) in [5.41, 5.74) is 14.7. The molecule has 11 aromatic carbocycles. The molecule has 0 spiro atoms. The fourth-order valence-electron chi connectivity index (χ4n) is 10.4. The number of para-hydroxylation sites is 2. The largest absolute Gasteiger partial charge is 0.456 e. The van der Waals surface area contributed by atoms with Crippen LogP contribution in [0.3, 0.4) is 0 Å². The Labute approximate surface area is 372 Å². The molecular weight excluding hydrogens is 797 g/mol. The molecule has 64 heavy (non-hydrogen) atoms. The minimum absolute atomic E-state index is 0.872. The first kappa shape index (κ1) is 35.4. The molecule has 1 aliphatic heterocycles. The highest BCUT2D eigenvalue weighted by atomic mass is 32.1. The predicted molar refractivity (Wildman–Crippen MR) is 273 cm³/mol. The van der Waals surface area contributed by atoms with E-state index in [1.54, 1.807) is 0 Å². The second-order valence-electron chi connectivity index (χ2n) is 16.9. The van der Waals surface area contributed by atoms with Crippen LogP contribution in [0, 0.1) is 0 Å². The van der Waals surface area contributed by atoms with E-state index in [4.69, 9.17) is 4.42 Å². The molecule has 3 nitrogen and oxygen atoms in total. The maximum atomic E-state index is 6.44. The maximum absolute atomic E-state index is 6.44. The third-order valence-corrected chi connectivity index (χ3v) is 14.6. The van der Waals surface area contributed by atoms with Crippen molar-refractivity contribution >= 4 is 114 Å². The summed E-state index contributed by atoms with van der Waals surface area (Å²) in [5.74, 6) is 0. The first-order valence-corrected chi connectivity index (χ1v) is 22.6. The number of nitrogens with one attached hydrogen (secondary N) is 1. The van der Waals surface area contributed by atoms with Crippen molar-refractivity contribution in [2.45, 2.75) is 0 Å². The molecule has 298 valence electrons. The van der Waals surface area contributed by atoms with E-state index in [9.17, 15) is 0 Å². The Bertz CT molecular complexity index is 4050. The number of furan rings is 1. The lowest BCUT2D eigenvalue weighted by Gasteiger charge is -2.28. The molecule has 0 fully saturated rings. The summed E-state index contributed by atoms with van der Waals surface area (Å²) in [6.45, 7) is 0. The number of nitrogens with zero attached hydrogens (tertiary/aromatic N) is 1. The second-order valence-corrected chi connectivity index (χ2v) is 17.9. The van der Waals surface area contributed by atoms with E-state index in [0.717, 1.165) is 44.7 Å². The summed E-state index contributed by atoms with van der Waals surface area (Å²) >= 11 is 1.89. The zero-order valence-corrected chi connectivity index (χ0v) is 35.3. The number of hydrogen-bond donors (Lipinski definition) is 1. The van der Waals surface area contributed by atoms with Gasteiger partial charge in [-0.2, -0.15) is 0 Å². The highest BCUT2D eigenvalue weighted by Crippen LogP contribution is 2.50. The topological polar surface area (TPSA) is 28.4 Å². The van der Waals surface area contributed by atoms with Gasteiger partial charge in [0, 0.05) is 64.3 Å². The number of fused-ring (bicyclic) bond motifs is 12. The van der Waals surface area contributed by atoms with E-state index in [1.165, 1.54) is 91.6 Å². The van der Waals surface area contributed by atoms with Gasteiger partial charge in [-0.05, 0) is 111 Å². The van der Waals surface area contributed by atoms with Crippen LogP contribution in [0.4, 0.5) is 28.4 Å². The molecule has 0 radical (unpaired) electrons. The zero-order valence-electron chi connectivity index (χ0n) is 34.5. The Hall–Kier alpha value is -8.18. The fraction of sp³-hybridized carbons (Fsp3) is 0. The Kier molecular flexibility index (Phi) is 7.56. The van der Waals surface area contributed by atoms with Gasteiger partial charge in [-0.25, -0.2) is 0 Å². The van der Waals surface area contributed by atoms with Crippen LogP contribution in [0.15, 0.2) is 217 Å². The summed E-state index contributed by atoms with van der Waals surface area (Å²) in [4.78, 5) is 2.42. The van der Waals surface area contributed by atoms with Crippen molar-refractivity contribution in [3.05, 3.63) is 212 Å². The van der Waals surface area contributed by atoms with Crippen LogP contribution in [0.5, 0.6) is 0 Å². The Balaban J connectivity index is 0.862. The average Bonchev–Trinajstić information content (AvgIpc) is 3.93. The normalized spacial score (nSPS) is 12.2. The van der Waals surface area contributed by atoms with Crippen LogP contribution in [0.25, 0.3) is 108 Å². The van der Waals surface area contributed by atoms with Crippen LogP contribution < -0.4 is 10.2 Å². The maximum Gasteiger partial charge on any atom is 0.137 e. The lowest BCUT2D eigenvalue weighted by atomic mass is 9.90. The first-order valence-electron chi connectivity index (χ1n) is 21.8. The van der Waals surface area contributed by atoms with Crippen molar-refractivity contribution in [3.8, 4) is 33.4 Å². The minimum Gasteiger partial charge on any atom is -0.456 e. The summed E-state index contributed by atoms with van der Waals surface area (Å²) < 4.78 is 9.09. The molecule has 0 atom stereocenters. The highest BCUT2D eigenvalue weighted by molar-refractivity contribution is 7.26. The van der Waals surface area contributed by atoms with Gasteiger partial charge < -0.3 is 14.6 Å². The van der Waals surface area contributed by atoms with Gasteiger partial charge in [0.05, 0.1) is 16.8 Å². The van der Waals surface area contributed by atoms with Crippen LogP contribution in [0.1, 0.15) is 0 Å². The molecule has 1 aliphatic rings.